The SMILES string of the molecule is COC(=O)Cc1nc(Cl)c(C(F)(F)F)cc1C(F)F. The molecule has 0 aliphatic heterocycles. The highest BCUT2D eigenvalue weighted by Gasteiger charge is 2.36. The Morgan fingerprint density at radius 3 is 2.47 bits per heavy atom. The van der Waals surface area contributed by atoms with Crippen molar-refractivity contribution in [1.82, 2.24) is 4.98 Å². The molecule has 1 aromatic heterocycles. The number of hydrogen-bond acceptors (Lipinski definition) is 3. The summed E-state index contributed by atoms with van der Waals surface area (Å²) in [6.45, 7) is 0. The van der Waals surface area contributed by atoms with Crippen molar-refractivity contribution < 1.29 is 31.5 Å². The van der Waals surface area contributed by atoms with Crippen LogP contribution in [0.25, 0.3) is 0 Å². The van der Waals surface area contributed by atoms with Gasteiger partial charge in [0, 0.05) is 5.56 Å². The van der Waals surface area contributed by atoms with E-state index in [1.807, 2.05) is 0 Å². The van der Waals surface area contributed by atoms with Gasteiger partial charge < -0.3 is 4.74 Å². The minimum atomic E-state index is -4.91. The molecule has 0 aliphatic rings. The third kappa shape index (κ3) is 3.76. The highest BCUT2D eigenvalue weighted by Crippen LogP contribution is 2.37. The number of ether oxygens (including phenoxy) is 1. The Kier molecular flexibility index (Phi) is 4.67. The highest BCUT2D eigenvalue weighted by atomic mass is 35.5. The van der Waals surface area contributed by atoms with E-state index in [1.165, 1.54) is 0 Å². The van der Waals surface area contributed by atoms with Crippen molar-refractivity contribution in [2.24, 2.45) is 0 Å². The molecule has 0 saturated carbocycles. The zero-order valence-electron chi connectivity index (χ0n) is 9.39. The number of methoxy groups -OCH3 is 1. The number of esters is 1. The van der Waals surface area contributed by atoms with E-state index in [0.29, 0.717) is 0 Å². The van der Waals surface area contributed by atoms with Gasteiger partial charge in [0.05, 0.1) is 24.8 Å². The van der Waals surface area contributed by atoms with Gasteiger partial charge in [-0.1, -0.05) is 11.6 Å². The van der Waals surface area contributed by atoms with Crippen LogP contribution >= 0.6 is 11.6 Å². The first-order chi connectivity index (χ1) is 8.66. The van der Waals surface area contributed by atoms with Gasteiger partial charge in [0.25, 0.3) is 6.43 Å². The molecule has 0 saturated heterocycles. The largest absolute Gasteiger partial charge is 0.469 e. The molecular formula is C10H7ClF5NO2. The molecule has 0 spiro atoms. The van der Waals surface area contributed by atoms with Crippen molar-refractivity contribution >= 4 is 17.6 Å². The number of pyridine rings is 1. The van der Waals surface area contributed by atoms with Crippen molar-refractivity contribution in [3.8, 4) is 0 Å². The first-order valence-electron chi connectivity index (χ1n) is 4.78. The highest BCUT2D eigenvalue weighted by molar-refractivity contribution is 6.30. The Labute approximate surface area is 109 Å². The molecular weight excluding hydrogens is 297 g/mol. The van der Waals surface area contributed by atoms with E-state index < -0.39 is 47.0 Å². The van der Waals surface area contributed by atoms with Gasteiger partial charge in [-0.25, -0.2) is 13.8 Å². The first-order valence-corrected chi connectivity index (χ1v) is 5.16. The Hall–Kier alpha value is -1.44. The van der Waals surface area contributed by atoms with Crippen LogP contribution in [0, 0.1) is 0 Å². The van der Waals surface area contributed by atoms with Crippen LogP contribution in [0.3, 0.4) is 0 Å². The number of nitrogens with zero attached hydrogens (tertiary/aromatic N) is 1. The van der Waals surface area contributed by atoms with Crippen LogP contribution in [0.2, 0.25) is 5.15 Å². The number of rotatable bonds is 3. The molecule has 1 aromatic rings. The van der Waals surface area contributed by atoms with Crippen molar-refractivity contribution in [1.29, 1.82) is 0 Å². The molecule has 0 amide bonds. The van der Waals surface area contributed by atoms with Crippen LogP contribution in [0.5, 0.6) is 0 Å². The molecule has 3 nitrogen and oxygen atoms in total. The number of halogens is 6. The molecule has 0 unspecified atom stereocenters. The summed E-state index contributed by atoms with van der Waals surface area (Å²) in [5.41, 5.74) is -3.01. The van der Waals surface area contributed by atoms with Gasteiger partial charge in [0.2, 0.25) is 0 Å². The zero-order valence-corrected chi connectivity index (χ0v) is 10.1. The van der Waals surface area contributed by atoms with Crippen LogP contribution in [-0.2, 0) is 22.1 Å². The van der Waals surface area contributed by atoms with Gasteiger partial charge in [0.1, 0.15) is 5.15 Å². The molecule has 0 aliphatic carbocycles. The average molecular weight is 304 g/mol. The summed E-state index contributed by atoms with van der Waals surface area (Å²) < 4.78 is 67.1. The molecule has 0 bridgehead atoms. The smallest absolute Gasteiger partial charge is 0.419 e. The van der Waals surface area contributed by atoms with Crippen LogP contribution in [0.4, 0.5) is 22.0 Å². The zero-order chi connectivity index (χ0) is 14.8. The lowest BCUT2D eigenvalue weighted by Crippen LogP contribution is -2.14. The number of alkyl halides is 5. The Bertz CT molecular complexity index is 490. The Morgan fingerprint density at radius 1 is 1.47 bits per heavy atom. The number of aromatic nitrogens is 1. The minimum Gasteiger partial charge on any atom is -0.469 e. The normalized spacial score (nSPS) is 11.8. The summed E-state index contributed by atoms with van der Waals surface area (Å²) >= 11 is 5.29. The predicted octanol–water partition coefficient (Wildman–Crippen LogP) is 3.41. The van der Waals surface area contributed by atoms with Gasteiger partial charge >= 0.3 is 12.1 Å². The van der Waals surface area contributed by atoms with Gasteiger partial charge in [-0.3, -0.25) is 4.79 Å². The summed E-state index contributed by atoms with van der Waals surface area (Å²) in [5.74, 6) is -0.912. The molecule has 1 heterocycles. The third-order valence-electron chi connectivity index (χ3n) is 2.17. The fourth-order valence-electron chi connectivity index (χ4n) is 1.28. The molecule has 106 valence electrons. The molecule has 1 rings (SSSR count). The fourth-order valence-corrected chi connectivity index (χ4v) is 1.54. The van der Waals surface area contributed by atoms with Crippen molar-refractivity contribution in [2.45, 2.75) is 19.0 Å². The molecule has 0 atom stereocenters. The second kappa shape index (κ2) is 5.68. The van der Waals surface area contributed by atoms with Crippen molar-refractivity contribution in [3.05, 3.63) is 28.0 Å². The molecule has 19 heavy (non-hydrogen) atoms. The molecule has 0 radical (unpaired) electrons. The van der Waals surface area contributed by atoms with E-state index in [-0.39, 0.29) is 6.07 Å². The Balaban J connectivity index is 3.33. The molecule has 9 heteroatoms. The second-order valence-electron chi connectivity index (χ2n) is 3.41. The maximum Gasteiger partial charge on any atom is 0.419 e. The molecule has 0 aromatic carbocycles. The van der Waals surface area contributed by atoms with Gasteiger partial charge in [-0.2, -0.15) is 13.2 Å². The lowest BCUT2D eigenvalue weighted by Gasteiger charge is -2.13. The molecule has 0 fully saturated rings. The summed E-state index contributed by atoms with van der Waals surface area (Å²) in [7, 11) is 1.01. The van der Waals surface area contributed by atoms with E-state index in [1.54, 1.807) is 0 Å². The van der Waals surface area contributed by atoms with Crippen molar-refractivity contribution in [2.75, 3.05) is 7.11 Å². The Morgan fingerprint density at radius 2 is 2.05 bits per heavy atom. The van der Waals surface area contributed by atoms with Gasteiger partial charge in [-0.15, -0.1) is 0 Å². The van der Waals surface area contributed by atoms with Gasteiger partial charge in [0.15, 0.2) is 0 Å². The number of carbonyl (C=O) groups excluding carboxylic acids is 1. The van der Waals surface area contributed by atoms with Crippen LogP contribution in [0.15, 0.2) is 6.07 Å². The molecule has 0 N–H and O–H groups in total. The van der Waals surface area contributed by atoms with Crippen LogP contribution in [-0.4, -0.2) is 18.1 Å². The maximum atomic E-state index is 12.7. The summed E-state index contributed by atoms with van der Waals surface area (Å²) in [6.07, 6.45) is -8.81. The lowest BCUT2D eigenvalue weighted by atomic mass is 10.1. The monoisotopic (exact) mass is 303 g/mol. The van der Waals surface area contributed by atoms with E-state index >= 15 is 0 Å². The van der Waals surface area contributed by atoms with E-state index in [0.717, 1.165) is 7.11 Å². The maximum absolute atomic E-state index is 12.7. The van der Waals surface area contributed by atoms with E-state index in [4.69, 9.17) is 11.6 Å². The second-order valence-corrected chi connectivity index (χ2v) is 3.77. The predicted molar refractivity (Wildman–Crippen MR) is 54.9 cm³/mol. The third-order valence-corrected chi connectivity index (χ3v) is 2.46. The fraction of sp³-hybridized carbons (Fsp3) is 0.400. The quantitative estimate of drug-likeness (QED) is 0.488. The lowest BCUT2D eigenvalue weighted by molar-refractivity contribution is -0.139. The van der Waals surface area contributed by atoms with E-state index in [2.05, 4.69) is 9.72 Å². The standard InChI is InChI=1S/C10H7ClF5NO2/c1-19-7(18)3-6-4(9(12)13)2-5(8(11)17-6)10(14,15)16/h2,9H,3H2,1H3. The first kappa shape index (κ1) is 15.6. The number of carbonyl (C=O) groups is 1. The van der Waals surface area contributed by atoms with Crippen molar-refractivity contribution in [3.63, 3.8) is 0 Å². The topological polar surface area (TPSA) is 39.2 Å². The van der Waals surface area contributed by atoms with Crippen LogP contribution < -0.4 is 0 Å². The summed E-state index contributed by atoms with van der Waals surface area (Å²) in [5, 5.41) is -0.990. The van der Waals surface area contributed by atoms with Crippen LogP contribution in [0.1, 0.15) is 23.2 Å². The summed E-state index contributed by atoms with van der Waals surface area (Å²) in [6, 6.07) is 0.193. The summed E-state index contributed by atoms with van der Waals surface area (Å²) in [4.78, 5) is 14.2. The number of hydrogen-bond donors (Lipinski definition) is 0. The van der Waals surface area contributed by atoms with Gasteiger partial charge in [-0.05, 0) is 6.07 Å². The van der Waals surface area contributed by atoms with E-state index in [9.17, 15) is 26.7 Å². The average Bonchev–Trinajstić information content (AvgIpc) is 2.26. The minimum absolute atomic E-state index is 0.193.